The first-order valence-electron chi connectivity index (χ1n) is 8.98. The highest BCUT2D eigenvalue weighted by Gasteiger charge is 2.35. The number of anilines is 1. The number of benzene rings is 1. The van der Waals surface area contributed by atoms with Gasteiger partial charge in [-0.3, -0.25) is 14.5 Å². The van der Waals surface area contributed by atoms with Gasteiger partial charge in [0, 0.05) is 36.7 Å². The van der Waals surface area contributed by atoms with E-state index in [1.165, 1.54) is 22.3 Å². The molecule has 0 saturated carbocycles. The molecule has 0 spiro atoms. The summed E-state index contributed by atoms with van der Waals surface area (Å²) in [5.74, 6) is -0.235. The zero-order chi connectivity index (χ0) is 19.5. The highest BCUT2D eigenvalue weighted by Crippen LogP contribution is 2.33. The van der Waals surface area contributed by atoms with Crippen LogP contribution in [0, 0.1) is 0 Å². The zero-order valence-electron chi connectivity index (χ0n) is 15.1. The fourth-order valence-corrected chi connectivity index (χ4v) is 5.20. The molecule has 0 aliphatic carbocycles. The molecule has 5 nitrogen and oxygen atoms in total. The van der Waals surface area contributed by atoms with Gasteiger partial charge in [0.15, 0.2) is 0 Å². The Morgan fingerprint density at radius 2 is 1.82 bits per heavy atom. The largest absolute Gasteiger partial charge is 0.368 e. The van der Waals surface area contributed by atoms with Crippen molar-refractivity contribution in [3.8, 4) is 0 Å². The second kappa shape index (κ2) is 8.46. The van der Waals surface area contributed by atoms with Crippen LogP contribution in [0.1, 0.15) is 4.88 Å². The number of carbonyl (C=O) groups is 2. The smallest absolute Gasteiger partial charge is 0.266 e. The Morgan fingerprint density at radius 3 is 2.50 bits per heavy atom. The van der Waals surface area contributed by atoms with Crippen LogP contribution < -0.4 is 4.90 Å². The van der Waals surface area contributed by atoms with Crippen molar-refractivity contribution in [1.29, 1.82) is 0 Å². The van der Waals surface area contributed by atoms with Crippen LogP contribution in [0.3, 0.4) is 0 Å². The number of rotatable bonds is 4. The number of piperazine rings is 1. The molecule has 3 heterocycles. The maximum absolute atomic E-state index is 12.7. The maximum Gasteiger partial charge on any atom is 0.266 e. The number of hydrogen-bond acceptors (Lipinski definition) is 6. The van der Waals surface area contributed by atoms with E-state index >= 15 is 0 Å². The Labute approximate surface area is 177 Å². The van der Waals surface area contributed by atoms with E-state index in [4.69, 9.17) is 12.2 Å². The van der Waals surface area contributed by atoms with Crippen molar-refractivity contribution in [3.63, 3.8) is 0 Å². The Morgan fingerprint density at radius 1 is 1.07 bits per heavy atom. The van der Waals surface area contributed by atoms with Gasteiger partial charge >= 0.3 is 0 Å². The van der Waals surface area contributed by atoms with E-state index in [-0.39, 0.29) is 18.4 Å². The summed E-state index contributed by atoms with van der Waals surface area (Å²) in [5.41, 5.74) is 1.17. The number of hydrogen-bond donors (Lipinski definition) is 0. The van der Waals surface area contributed by atoms with Crippen LogP contribution in [-0.4, -0.2) is 58.7 Å². The van der Waals surface area contributed by atoms with Crippen molar-refractivity contribution in [1.82, 2.24) is 9.80 Å². The number of carbonyl (C=O) groups excluding carboxylic acids is 2. The molecule has 2 aromatic rings. The summed E-state index contributed by atoms with van der Waals surface area (Å²) in [7, 11) is 0. The third-order valence-corrected chi connectivity index (χ3v) is 6.93. The lowest BCUT2D eigenvalue weighted by Crippen LogP contribution is -2.51. The summed E-state index contributed by atoms with van der Waals surface area (Å²) < 4.78 is 0.448. The highest BCUT2D eigenvalue weighted by molar-refractivity contribution is 8.26. The molecule has 4 rings (SSSR count). The van der Waals surface area contributed by atoms with Gasteiger partial charge in [0.25, 0.3) is 5.91 Å². The van der Waals surface area contributed by atoms with Crippen LogP contribution in [0.25, 0.3) is 6.08 Å². The van der Waals surface area contributed by atoms with Crippen LogP contribution in [0.5, 0.6) is 0 Å². The van der Waals surface area contributed by atoms with Crippen molar-refractivity contribution in [2.24, 2.45) is 0 Å². The Kier molecular flexibility index (Phi) is 5.79. The van der Waals surface area contributed by atoms with Gasteiger partial charge < -0.3 is 9.80 Å². The van der Waals surface area contributed by atoms with E-state index in [1.807, 2.05) is 46.7 Å². The first kappa shape index (κ1) is 19.2. The molecule has 2 fully saturated rings. The quantitative estimate of drug-likeness (QED) is 0.551. The summed E-state index contributed by atoms with van der Waals surface area (Å²) >= 11 is 8.17. The molecule has 2 amide bonds. The summed E-state index contributed by atoms with van der Waals surface area (Å²) in [4.78, 5) is 32.5. The molecule has 2 aliphatic heterocycles. The fourth-order valence-electron chi connectivity index (χ4n) is 3.23. The van der Waals surface area contributed by atoms with Gasteiger partial charge in [-0.1, -0.05) is 48.2 Å². The molecular formula is C20H19N3O2S3. The average Bonchev–Trinajstić information content (AvgIpc) is 3.33. The first-order chi connectivity index (χ1) is 13.6. The van der Waals surface area contributed by atoms with Gasteiger partial charge in [0.2, 0.25) is 5.91 Å². The predicted octanol–water partition coefficient (Wildman–Crippen LogP) is 3.30. The third-order valence-electron chi connectivity index (χ3n) is 4.74. The van der Waals surface area contributed by atoms with Crippen molar-refractivity contribution < 1.29 is 9.59 Å². The molecule has 0 N–H and O–H groups in total. The normalized spacial score (nSPS) is 19.0. The number of thiophene rings is 1. The molecule has 0 bridgehead atoms. The number of para-hydroxylation sites is 1. The molecule has 144 valence electrons. The molecule has 28 heavy (non-hydrogen) atoms. The predicted molar refractivity (Wildman–Crippen MR) is 119 cm³/mol. The second-order valence-corrected chi connectivity index (χ2v) is 9.14. The number of thiocarbonyl (C=S) groups is 1. The zero-order valence-corrected chi connectivity index (χ0v) is 17.6. The van der Waals surface area contributed by atoms with Crippen molar-refractivity contribution in [2.45, 2.75) is 0 Å². The fraction of sp³-hybridized carbons (Fsp3) is 0.250. The summed E-state index contributed by atoms with van der Waals surface area (Å²) in [5, 5.41) is 1.96. The van der Waals surface area contributed by atoms with Gasteiger partial charge in [0.1, 0.15) is 10.9 Å². The van der Waals surface area contributed by atoms with Gasteiger partial charge in [-0.2, -0.15) is 0 Å². The number of amides is 2. The molecule has 2 aliphatic rings. The molecular weight excluding hydrogens is 410 g/mol. The number of thioether (sulfide) groups is 1. The van der Waals surface area contributed by atoms with Crippen molar-refractivity contribution >= 4 is 63.2 Å². The molecule has 1 aromatic carbocycles. The summed E-state index contributed by atoms with van der Waals surface area (Å²) in [6.45, 7) is 2.87. The van der Waals surface area contributed by atoms with Crippen LogP contribution >= 0.6 is 35.3 Å². The molecule has 0 atom stereocenters. The van der Waals surface area contributed by atoms with Gasteiger partial charge in [-0.15, -0.1) is 11.3 Å². The van der Waals surface area contributed by atoms with E-state index in [0.717, 1.165) is 18.0 Å². The van der Waals surface area contributed by atoms with Gasteiger partial charge in [-0.05, 0) is 29.7 Å². The molecule has 2 saturated heterocycles. The van der Waals surface area contributed by atoms with Crippen LogP contribution in [0.2, 0.25) is 0 Å². The lowest BCUT2D eigenvalue weighted by molar-refractivity contribution is -0.135. The third kappa shape index (κ3) is 4.14. The first-order valence-corrected chi connectivity index (χ1v) is 11.1. The standard InChI is InChI=1S/C20H19N3O2S3/c24-18(22-10-8-21(9-11-22)15-5-2-1-3-6-15)14-23-19(25)17(28-20(23)26)13-16-7-4-12-27-16/h1-7,12-13H,8-11,14H2/b17-13-. The molecule has 1 aromatic heterocycles. The minimum Gasteiger partial charge on any atom is -0.368 e. The Balaban J connectivity index is 1.35. The number of nitrogens with zero attached hydrogens (tertiary/aromatic N) is 3. The van der Waals surface area contributed by atoms with Crippen LogP contribution in [0.4, 0.5) is 5.69 Å². The Hall–Kier alpha value is -2.16. The Bertz CT molecular complexity index is 904. The SMILES string of the molecule is O=C(CN1C(=O)/C(=C/c2cccs2)SC1=S)N1CCN(c2ccccc2)CC1. The monoisotopic (exact) mass is 429 g/mol. The minimum absolute atomic E-state index is 0.0117. The van der Waals surface area contributed by atoms with E-state index in [2.05, 4.69) is 17.0 Å². The summed E-state index contributed by atoms with van der Waals surface area (Å²) in [6, 6.07) is 14.1. The van der Waals surface area contributed by atoms with Crippen molar-refractivity contribution in [3.05, 3.63) is 57.6 Å². The summed E-state index contributed by atoms with van der Waals surface area (Å²) in [6.07, 6.45) is 1.84. The van der Waals surface area contributed by atoms with Gasteiger partial charge in [0.05, 0.1) is 4.91 Å². The highest BCUT2D eigenvalue weighted by atomic mass is 32.2. The van der Waals surface area contributed by atoms with Crippen LogP contribution in [-0.2, 0) is 9.59 Å². The minimum atomic E-state index is -0.181. The molecule has 0 radical (unpaired) electrons. The molecule has 0 unspecified atom stereocenters. The lowest BCUT2D eigenvalue weighted by Gasteiger charge is -2.36. The van der Waals surface area contributed by atoms with E-state index in [1.54, 1.807) is 11.3 Å². The maximum atomic E-state index is 12.7. The molecule has 8 heteroatoms. The van der Waals surface area contributed by atoms with E-state index in [9.17, 15) is 9.59 Å². The average molecular weight is 430 g/mol. The topological polar surface area (TPSA) is 43.9 Å². The van der Waals surface area contributed by atoms with E-state index in [0.29, 0.717) is 22.3 Å². The van der Waals surface area contributed by atoms with E-state index < -0.39 is 0 Å². The van der Waals surface area contributed by atoms with Crippen molar-refractivity contribution in [2.75, 3.05) is 37.6 Å². The van der Waals surface area contributed by atoms with Crippen LogP contribution in [0.15, 0.2) is 52.7 Å². The second-order valence-electron chi connectivity index (χ2n) is 6.49. The lowest BCUT2D eigenvalue weighted by atomic mass is 10.2. The van der Waals surface area contributed by atoms with Gasteiger partial charge in [-0.25, -0.2) is 0 Å².